The maximum absolute atomic E-state index is 12.4. The molecule has 1 N–H and O–H groups in total. The summed E-state index contributed by atoms with van der Waals surface area (Å²) < 4.78 is 25.1. The second kappa shape index (κ2) is 4.81. The van der Waals surface area contributed by atoms with Gasteiger partial charge in [-0.25, -0.2) is 13.4 Å². The zero-order valence-electron chi connectivity index (χ0n) is 11.3. The maximum Gasteiger partial charge on any atom is 0.246 e. The minimum atomic E-state index is -3.44. The van der Waals surface area contributed by atoms with Crippen LogP contribution in [0.5, 0.6) is 0 Å². The number of nitrogens with one attached hydrogen (secondary N) is 1. The van der Waals surface area contributed by atoms with Crippen molar-refractivity contribution in [3.63, 3.8) is 0 Å². The predicted octanol–water partition coefficient (Wildman–Crippen LogP) is 2.00. The molecular weight excluding hydrogens is 358 g/mol. The Morgan fingerprint density at radius 2 is 2.19 bits per heavy atom. The van der Waals surface area contributed by atoms with Gasteiger partial charge in [-0.1, -0.05) is 0 Å². The molecule has 8 heteroatoms. The topological polar surface area (TPSA) is 80.5 Å². The summed E-state index contributed by atoms with van der Waals surface area (Å²) in [6.07, 6.45) is 5.90. The molecule has 0 aromatic carbocycles. The molecule has 0 unspecified atom stereocenters. The minimum Gasteiger partial charge on any atom is -0.309 e. The van der Waals surface area contributed by atoms with Gasteiger partial charge < -0.3 is 5.32 Å². The van der Waals surface area contributed by atoms with E-state index in [0.717, 1.165) is 17.1 Å². The van der Waals surface area contributed by atoms with Gasteiger partial charge in [0, 0.05) is 12.5 Å². The lowest BCUT2D eigenvalue weighted by Crippen LogP contribution is -2.54. The third-order valence-corrected chi connectivity index (χ3v) is 6.65. The first-order chi connectivity index (χ1) is 9.85. The smallest absolute Gasteiger partial charge is 0.246 e. The van der Waals surface area contributed by atoms with Crippen molar-refractivity contribution in [1.82, 2.24) is 9.38 Å². The van der Waals surface area contributed by atoms with Crippen LogP contribution >= 0.6 is 15.9 Å². The molecule has 0 atom stereocenters. The van der Waals surface area contributed by atoms with E-state index in [4.69, 9.17) is 0 Å². The van der Waals surface area contributed by atoms with E-state index in [2.05, 4.69) is 26.2 Å². The number of nitrogens with zero attached hydrogens (tertiary/aromatic N) is 2. The van der Waals surface area contributed by atoms with Crippen LogP contribution in [0.2, 0.25) is 0 Å². The second-order valence-electron chi connectivity index (χ2n) is 5.27. The summed E-state index contributed by atoms with van der Waals surface area (Å²) in [5.74, 6) is -0.00995. The average Bonchev–Trinajstić information content (AvgIpc) is 2.70. The van der Waals surface area contributed by atoms with E-state index in [-0.39, 0.29) is 0 Å². The molecule has 1 fully saturated rings. The van der Waals surface area contributed by atoms with Gasteiger partial charge in [0.05, 0.1) is 10.7 Å². The number of pyridine rings is 1. The molecule has 3 rings (SSSR count). The molecule has 2 heterocycles. The summed E-state index contributed by atoms with van der Waals surface area (Å²) in [6.45, 7) is 0. The molecule has 112 valence electrons. The predicted molar refractivity (Wildman–Crippen MR) is 82.9 cm³/mol. The highest BCUT2D eigenvalue weighted by molar-refractivity contribution is 9.10. The van der Waals surface area contributed by atoms with Gasteiger partial charge in [-0.15, -0.1) is 0 Å². The average molecular weight is 372 g/mol. The van der Waals surface area contributed by atoms with Gasteiger partial charge >= 0.3 is 0 Å². The van der Waals surface area contributed by atoms with E-state index in [1.807, 2.05) is 12.1 Å². The molecule has 0 spiro atoms. The highest BCUT2D eigenvalue weighted by Gasteiger charge is 2.53. The van der Waals surface area contributed by atoms with Crippen molar-refractivity contribution >= 4 is 43.1 Å². The van der Waals surface area contributed by atoms with Crippen molar-refractivity contribution in [1.29, 1.82) is 0 Å². The SMILES string of the molecule is CS(=O)(=O)C1(C(=O)Nc2cnc3c(Br)cccn23)CCC1. The Hall–Kier alpha value is -1.41. The number of carbonyl (C=O) groups is 1. The molecular formula is C13H14BrN3O3S. The summed E-state index contributed by atoms with van der Waals surface area (Å²) in [7, 11) is -3.44. The van der Waals surface area contributed by atoms with Crippen molar-refractivity contribution in [2.24, 2.45) is 0 Å². The van der Waals surface area contributed by atoms with Gasteiger partial charge in [0.15, 0.2) is 20.2 Å². The van der Waals surface area contributed by atoms with Crippen molar-refractivity contribution in [2.45, 2.75) is 24.0 Å². The first kappa shape index (κ1) is 14.5. The zero-order valence-corrected chi connectivity index (χ0v) is 13.7. The van der Waals surface area contributed by atoms with Crippen molar-refractivity contribution < 1.29 is 13.2 Å². The minimum absolute atomic E-state index is 0.373. The van der Waals surface area contributed by atoms with Crippen molar-refractivity contribution in [2.75, 3.05) is 11.6 Å². The van der Waals surface area contributed by atoms with E-state index >= 15 is 0 Å². The molecule has 1 saturated carbocycles. The Morgan fingerprint density at radius 1 is 1.48 bits per heavy atom. The number of rotatable bonds is 3. The zero-order chi connectivity index (χ0) is 15.3. The second-order valence-corrected chi connectivity index (χ2v) is 8.45. The van der Waals surface area contributed by atoms with Gasteiger partial charge in [-0.05, 0) is 47.3 Å². The summed E-state index contributed by atoms with van der Waals surface area (Å²) in [5.41, 5.74) is 0.662. The number of anilines is 1. The number of hydrogen-bond acceptors (Lipinski definition) is 4. The van der Waals surface area contributed by atoms with Crippen molar-refractivity contribution in [3.8, 4) is 0 Å². The Bertz CT molecular complexity index is 824. The van der Waals surface area contributed by atoms with Crippen molar-refractivity contribution in [3.05, 3.63) is 29.0 Å². The Kier molecular flexibility index (Phi) is 3.32. The molecule has 1 amide bonds. The molecule has 6 nitrogen and oxygen atoms in total. The fraction of sp³-hybridized carbons (Fsp3) is 0.385. The van der Waals surface area contributed by atoms with E-state index in [9.17, 15) is 13.2 Å². The number of fused-ring (bicyclic) bond motifs is 1. The van der Waals surface area contributed by atoms with Crippen LogP contribution < -0.4 is 5.32 Å². The first-order valence-electron chi connectivity index (χ1n) is 6.48. The first-order valence-corrected chi connectivity index (χ1v) is 9.16. The van der Waals surface area contributed by atoms with Crippen LogP contribution in [0.4, 0.5) is 5.82 Å². The lowest BCUT2D eigenvalue weighted by atomic mass is 9.83. The number of aromatic nitrogens is 2. The maximum atomic E-state index is 12.4. The van der Waals surface area contributed by atoms with Crippen LogP contribution in [0.3, 0.4) is 0 Å². The van der Waals surface area contributed by atoms with Gasteiger partial charge in [-0.3, -0.25) is 9.20 Å². The highest BCUT2D eigenvalue weighted by atomic mass is 79.9. The molecule has 0 radical (unpaired) electrons. The van der Waals surface area contributed by atoms with Gasteiger partial charge in [0.25, 0.3) is 0 Å². The van der Waals surface area contributed by atoms with Crippen LogP contribution in [0, 0.1) is 0 Å². The highest BCUT2D eigenvalue weighted by Crippen LogP contribution is 2.40. The number of hydrogen-bond donors (Lipinski definition) is 1. The van der Waals surface area contributed by atoms with Crippen LogP contribution in [0.1, 0.15) is 19.3 Å². The van der Waals surface area contributed by atoms with Crippen LogP contribution in [0.25, 0.3) is 5.65 Å². The molecule has 2 aromatic heterocycles. The normalized spacial score (nSPS) is 17.4. The van der Waals surface area contributed by atoms with E-state index in [0.29, 0.717) is 24.3 Å². The van der Waals surface area contributed by atoms with Crippen LogP contribution in [-0.4, -0.2) is 34.7 Å². The molecule has 0 aliphatic heterocycles. The van der Waals surface area contributed by atoms with Gasteiger partial charge in [-0.2, -0.15) is 0 Å². The van der Waals surface area contributed by atoms with E-state index in [1.165, 1.54) is 6.20 Å². The standard InChI is InChI=1S/C13H14BrN3O3S/c1-21(19,20)13(5-3-6-13)12(18)16-10-8-15-11-9(14)4-2-7-17(10)11/h2,4,7-8H,3,5-6H2,1H3,(H,16,18). The monoisotopic (exact) mass is 371 g/mol. The molecule has 0 saturated heterocycles. The Labute approximate surface area is 130 Å². The number of sulfone groups is 1. The number of amides is 1. The number of halogens is 1. The number of imidazole rings is 1. The third kappa shape index (κ3) is 2.17. The summed E-state index contributed by atoms with van der Waals surface area (Å²) in [5, 5.41) is 2.70. The number of carbonyl (C=O) groups excluding carboxylic acids is 1. The molecule has 1 aliphatic carbocycles. The fourth-order valence-corrected chi connectivity index (χ4v) is 4.43. The Morgan fingerprint density at radius 3 is 2.76 bits per heavy atom. The quantitative estimate of drug-likeness (QED) is 0.894. The molecule has 1 aliphatic rings. The largest absolute Gasteiger partial charge is 0.309 e. The van der Waals surface area contributed by atoms with E-state index < -0.39 is 20.5 Å². The molecule has 21 heavy (non-hydrogen) atoms. The lowest BCUT2D eigenvalue weighted by molar-refractivity contribution is -0.120. The summed E-state index contributed by atoms with van der Waals surface area (Å²) >= 11 is 3.38. The van der Waals surface area contributed by atoms with Gasteiger partial charge in [0.1, 0.15) is 5.82 Å². The van der Waals surface area contributed by atoms with Crippen LogP contribution in [0.15, 0.2) is 29.0 Å². The fourth-order valence-electron chi connectivity index (χ4n) is 2.56. The summed E-state index contributed by atoms with van der Waals surface area (Å²) in [4.78, 5) is 16.7. The van der Waals surface area contributed by atoms with Gasteiger partial charge in [0.2, 0.25) is 5.91 Å². The molecule has 0 bridgehead atoms. The van der Waals surface area contributed by atoms with Crippen LogP contribution in [-0.2, 0) is 14.6 Å². The Balaban J connectivity index is 1.96. The summed E-state index contributed by atoms with van der Waals surface area (Å²) in [6, 6.07) is 3.65. The lowest BCUT2D eigenvalue weighted by Gasteiger charge is -2.37. The van der Waals surface area contributed by atoms with E-state index in [1.54, 1.807) is 10.6 Å². The molecule has 2 aromatic rings. The third-order valence-electron chi connectivity index (χ3n) is 4.01.